The molecule has 0 radical (unpaired) electrons. The van der Waals surface area contributed by atoms with E-state index in [1.807, 2.05) is 26.5 Å². The summed E-state index contributed by atoms with van der Waals surface area (Å²) >= 11 is 1.69. The summed E-state index contributed by atoms with van der Waals surface area (Å²) in [6.07, 6.45) is 6.97. The molecule has 2 aromatic rings. The normalized spacial score (nSPS) is 22.4. The average molecular weight is 332 g/mol. The standard InChI is InChI=1S/C16H24N6S/c1-12-4-6-21(9-14(12)22-7-5-18-11-22)16(17-3)19-8-15-20-13(2)10-23-15/h5,7,10-12,14H,4,6,8-9H2,1-3H3,(H,17,19). The third-order valence-corrected chi connectivity index (χ3v) is 5.37. The number of hydrogen-bond acceptors (Lipinski definition) is 4. The van der Waals surface area contributed by atoms with Crippen LogP contribution < -0.4 is 5.32 Å². The number of piperidine rings is 1. The second kappa shape index (κ2) is 7.12. The molecule has 2 atom stereocenters. The smallest absolute Gasteiger partial charge is 0.194 e. The highest BCUT2D eigenvalue weighted by Gasteiger charge is 2.28. The summed E-state index contributed by atoms with van der Waals surface area (Å²) in [6.45, 7) is 7.05. The minimum Gasteiger partial charge on any atom is -0.350 e. The molecule has 6 nitrogen and oxygen atoms in total. The van der Waals surface area contributed by atoms with Crippen LogP contribution in [-0.2, 0) is 6.54 Å². The van der Waals surface area contributed by atoms with Crippen molar-refractivity contribution in [1.29, 1.82) is 0 Å². The molecule has 124 valence electrons. The molecular formula is C16H24N6S. The molecule has 7 heteroatoms. The highest BCUT2D eigenvalue weighted by Crippen LogP contribution is 2.27. The first-order chi connectivity index (χ1) is 11.2. The molecule has 0 saturated carbocycles. The van der Waals surface area contributed by atoms with Crippen LogP contribution in [0.2, 0.25) is 0 Å². The third kappa shape index (κ3) is 3.72. The Hall–Kier alpha value is -1.89. The van der Waals surface area contributed by atoms with Gasteiger partial charge in [0.15, 0.2) is 5.96 Å². The number of nitrogens with zero attached hydrogens (tertiary/aromatic N) is 5. The lowest BCUT2D eigenvalue weighted by Crippen LogP contribution is -2.48. The van der Waals surface area contributed by atoms with Gasteiger partial charge in [0.25, 0.3) is 0 Å². The van der Waals surface area contributed by atoms with Crippen molar-refractivity contribution < 1.29 is 0 Å². The monoisotopic (exact) mass is 332 g/mol. The molecule has 1 aliphatic heterocycles. The summed E-state index contributed by atoms with van der Waals surface area (Å²) in [4.78, 5) is 15.5. The maximum atomic E-state index is 4.50. The Morgan fingerprint density at radius 2 is 2.39 bits per heavy atom. The van der Waals surface area contributed by atoms with E-state index in [1.54, 1.807) is 11.3 Å². The zero-order valence-corrected chi connectivity index (χ0v) is 14.8. The number of imidazole rings is 1. The molecule has 3 heterocycles. The molecule has 1 saturated heterocycles. The fourth-order valence-electron chi connectivity index (χ4n) is 3.07. The van der Waals surface area contributed by atoms with Crippen molar-refractivity contribution in [2.45, 2.75) is 32.9 Å². The van der Waals surface area contributed by atoms with Crippen molar-refractivity contribution in [3.8, 4) is 0 Å². The van der Waals surface area contributed by atoms with Gasteiger partial charge in [0.1, 0.15) is 5.01 Å². The Morgan fingerprint density at radius 1 is 1.52 bits per heavy atom. The fraction of sp³-hybridized carbons (Fsp3) is 0.562. The summed E-state index contributed by atoms with van der Waals surface area (Å²) in [5.41, 5.74) is 1.08. The molecule has 1 aliphatic rings. The van der Waals surface area contributed by atoms with Crippen LogP contribution in [0, 0.1) is 12.8 Å². The van der Waals surface area contributed by atoms with E-state index in [4.69, 9.17) is 0 Å². The molecule has 0 bridgehead atoms. The van der Waals surface area contributed by atoms with Crippen molar-refractivity contribution in [3.63, 3.8) is 0 Å². The maximum absolute atomic E-state index is 4.50. The zero-order valence-electron chi connectivity index (χ0n) is 13.9. The number of guanidine groups is 1. The van der Waals surface area contributed by atoms with Crippen LogP contribution in [0.4, 0.5) is 0 Å². The molecular weight excluding hydrogens is 308 g/mol. The lowest BCUT2D eigenvalue weighted by molar-refractivity contribution is 0.189. The SMILES string of the molecule is CN=C(NCc1nc(C)cs1)N1CCC(C)C(n2ccnc2)C1. The van der Waals surface area contributed by atoms with Gasteiger partial charge in [0.2, 0.25) is 0 Å². The summed E-state index contributed by atoms with van der Waals surface area (Å²) in [7, 11) is 1.85. The van der Waals surface area contributed by atoms with E-state index in [0.29, 0.717) is 12.0 Å². The number of aryl methyl sites for hydroxylation is 1. The first kappa shape index (κ1) is 16.0. The fourth-order valence-corrected chi connectivity index (χ4v) is 3.78. The van der Waals surface area contributed by atoms with E-state index in [2.05, 4.69) is 48.2 Å². The predicted octanol–water partition coefficient (Wildman–Crippen LogP) is 2.31. The Morgan fingerprint density at radius 3 is 3.04 bits per heavy atom. The first-order valence-corrected chi connectivity index (χ1v) is 8.89. The van der Waals surface area contributed by atoms with Gasteiger partial charge < -0.3 is 14.8 Å². The Bertz CT molecular complexity index is 647. The van der Waals surface area contributed by atoms with Crippen LogP contribution in [0.25, 0.3) is 0 Å². The molecule has 0 aromatic carbocycles. The average Bonchev–Trinajstić information content (AvgIpc) is 3.21. The van der Waals surface area contributed by atoms with Gasteiger partial charge in [-0.3, -0.25) is 4.99 Å². The number of likely N-dealkylation sites (tertiary alicyclic amines) is 1. The zero-order chi connectivity index (χ0) is 16.2. The van der Waals surface area contributed by atoms with Crippen molar-refractivity contribution >= 4 is 17.3 Å². The van der Waals surface area contributed by atoms with Gasteiger partial charge >= 0.3 is 0 Å². The number of aliphatic imine (C=N–C) groups is 1. The molecule has 3 rings (SSSR count). The number of thiazole rings is 1. The van der Waals surface area contributed by atoms with E-state index in [0.717, 1.165) is 42.7 Å². The molecule has 1 fully saturated rings. The molecule has 0 aliphatic carbocycles. The summed E-state index contributed by atoms with van der Waals surface area (Å²) in [5, 5.41) is 6.63. The molecule has 0 spiro atoms. The summed E-state index contributed by atoms with van der Waals surface area (Å²) in [5.74, 6) is 1.59. The van der Waals surface area contributed by atoms with Crippen molar-refractivity contribution in [2.75, 3.05) is 20.1 Å². The lowest BCUT2D eigenvalue weighted by atomic mass is 9.93. The number of nitrogens with one attached hydrogen (secondary N) is 1. The summed E-state index contributed by atoms with van der Waals surface area (Å²) in [6, 6.07) is 0.437. The predicted molar refractivity (Wildman–Crippen MR) is 93.7 cm³/mol. The van der Waals surface area contributed by atoms with Crippen LogP contribution >= 0.6 is 11.3 Å². The van der Waals surface area contributed by atoms with Gasteiger partial charge in [0.05, 0.1) is 18.9 Å². The second-order valence-corrected chi connectivity index (χ2v) is 7.02. The molecule has 2 aromatic heterocycles. The minimum absolute atomic E-state index is 0.437. The van der Waals surface area contributed by atoms with E-state index in [1.165, 1.54) is 0 Å². The number of rotatable bonds is 3. The van der Waals surface area contributed by atoms with Gasteiger partial charge in [-0.05, 0) is 19.3 Å². The quantitative estimate of drug-likeness (QED) is 0.692. The van der Waals surface area contributed by atoms with Crippen molar-refractivity contribution in [1.82, 2.24) is 24.8 Å². The van der Waals surface area contributed by atoms with Gasteiger partial charge in [-0.2, -0.15) is 0 Å². The van der Waals surface area contributed by atoms with Gasteiger partial charge in [-0.1, -0.05) is 6.92 Å². The molecule has 2 unspecified atom stereocenters. The largest absolute Gasteiger partial charge is 0.350 e. The Balaban J connectivity index is 1.64. The first-order valence-electron chi connectivity index (χ1n) is 8.01. The maximum Gasteiger partial charge on any atom is 0.194 e. The Labute approximate surface area is 141 Å². The minimum atomic E-state index is 0.437. The number of hydrogen-bond donors (Lipinski definition) is 1. The van der Waals surface area contributed by atoms with Crippen LogP contribution in [0.15, 0.2) is 29.1 Å². The molecule has 1 N–H and O–H groups in total. The molecule has 23 heavy (non-hydrogen) atoms. The highest BCUT2D eigenvalue weighted by molar-refractivity contribution is 7.09. The topological polar surface area (TPSA) is 58.3 Å². The van der Waals surface area contributed by atoms with Crippen LogP contribution in [0.3, 0.4) is 0 Å². The lowest BCUT2D eigenvalue weighted by Gasteiger charge is -2.39. The van der Waals surface area contributed by atoms with Gasteiger partial charge in [0, 0.05) is 43.6 Å². The van der Waals surface area contributed by atoms with Gasteiger partial charge in [-0.25, -0.2) is 9.97 Å². The summed E-state index contributed by atoms with van der Waals surface area (Å²) < 4.78 is 2.22. The van der Waals surface area contributed by atoms with Gasteiger partial charge in [-0.15, -0.1) is 11.3 Å². The van der Waals surface area contributed by atoms with Crippen LogP contribution in [0.1, 0.15) is 30.1 Å². The van der Waals surface area contributed by atoms with E-state index in [-0.39, 0.29) is 0 Å². The molecule has 0 amide bonds. The van der Waals surface area contributed by atoms with E-state index >= 15 is 0 Å². The van der Waals surface area contributed by atoms with Crippen LogP contribution in [0.5, 0.6) is 0 Å². The van der Waals surface area contributed by atoms with E-state index in [9.17, 15) is 0 Å². The number of aromatic nitrogens is 3. The van der Waals surface area contributed by atoms with Crippen LogP contribution in [-0.4, -0.2) is 45.5 Å². The van der Waals surface area contributed by atoms with E-state index < -0.39 is 0 Å². The highest BCUT2D eigenvalue weighted by atomic mass is 32.1. The Kier molecular flexibility index (Phi) is 4.95. The van der Waals surface area contributed by atoms with Crippen molar-refractivity contribution in [3.05, 3.63) is 34.8 Å². The second-order valence-electron chi connectivity index (χ2n) is 6.07. The van der Waals surface area contributed by atoms with Crippen molar-refractivity contribution in [2.24, 2.45) is 10.9 Å². The third-order valence-electron chi connectivity index (χ3n) is 4.40.